The summed E-state index contributed by atoms with van der Waals surface area (Å²) in [4.78, 5) is 19.0. The van der Waals surface area contributed by atoms with E-state index in [-0.39, 0.29) is 11.0 Å². The van der Waals surface area contributed by atoms with Crippen molar-refractivity contribution in [1.82, 2.24) is 9.97 Å². The molecule has 0 saturated heterocycles. The van der Waals surface area contributed by atoms with E-state index < -0.39 is 5.97 Å². The van der Waals surface area contributed by atoms with Gasteiger partial charge in [0, 0.05) is 11.5 Å². The molecular formula is C15H16N2O3. The van der Waals surface area contributed by atoms with Crippen LogP contribution in [0.15, 0.2) is 36.7 Å². The average molecular weight is 272 g/mol. The summed E-state index contributed by atoms with van der Waals surface area (Å²) < 4.78 is 5.60. The Morgan fingerprint density at radius 2 is 1.80 bits per heavy atom. The number of aromatic carboxylic acids is 1. The maximum atomic E-state index is 10.8. The minimum atomic E-state index is -0.964. The third-order valence-corrected chi connectivity index (χ3v) is 2.73. The molecule has 0 unspecified atom stereocenters. The van der Waals surface area contributed by atoms with Gasteiger partial charge >= 0.3 is 5.97 Å². The van der Waals surface area contributed by atoms with Crippen molar-refractivity contribution in [2.75, 3.05) is 0 Å². The third kappa shape index (κ3) is 3.32. The Bertz CT molecular complexity index is 616. The first-order chi connectivity index (χ1) is 9.36. The zero-order valence-corrected chi connectivity index (χ0v) is 11.6. The highest BCUT2D eigenvalue weighted by Crippen LogP contribution is 2.25. The van der Waals surface area contributed by atoms with Gasteiger partial charge in [-0.3, -0.25) is 0 Å². The quantitative estimate of drug-likeness (QED) is 0.928. The lowest BCUT2D eigenvalue weighted by Crippen LogP contribution is -2.13. The molecule has 20 heavy (non-hydrogen) atoms. The lowest BCUT2D eigenvalue weighted by Gasteiger charge is -2.17. The number of ether oxygens (including phenoxy) is 1. The van der Waals surface area contributed by atoms with Crippen molar-refractivity contribution in [2.45, 2.75) is 26.2 Å². The first-order valence-corrected chi connectivity index (χ1v) is 6.20. The number of aromatic nitrogens is 2. The van der Waals surface area contributed by atoms with Crippen LogP contribution < -0.4 is 4.74 Å². The van der Waals surface area contributed by atoms with E-state index in [1.807, 2.05) is 0 Å². The Morgan fingerprint density at radius 3 is 2.35 bits per heavy atom. The van der Waals surface area contributed by atoms with E-state index in [1.54, 1.807) is 18.2 Å². The molecule has 2 aromatic rings. The minimum Gasteiger partial charge on any atom is -0.478 e. The van der Waals surface area contributed by atoms with Gasteiger partial charge in [-0.2, -0.15) is 0 Å². The van der Waals surface area contributed by atoms with Crippen LogP contribution >= 0.6 is 0 Å². The summed E-state index contributed by atoms with van der Waals surface area (Å²) in [6, 6.07) is 7.96. The minimum absolute atomic E-state index is 0.0891. The molecule has 0 fully saturated rings. The molecule has 1 aromatic heterocycles. The van der Waals surface area contributed by atoms with Crippen molar-refractivity contribution >= 4 is 5.97 Å². The topological polar surface area (TPSA) is 72.3 Å². The van der Waals surface area contributed by atoms with Gasteiger partial charge in [0.2, 0.25) is 5.88 Å². The predicted octanol–water partition coefficient (Wildman–Crippen LogP) is 3.26. The Morgan fingerprint density at radius 1 is 1.15 bits per heavy atom. The Balaban J connectivity index is 2.20. The van der Waals surface area contributed by atoms with Gasteiger partial charge in [0.15, 0.2) is 0 Å². The monoisotopic (exact) mass is 272 g/mol. The molecule has 2 rings (SSSR count). The molecule has 1 heterocycles. The zero-order chi connectivity index (χ0) is 14.8. The molecule has 0 bridgehead atoms. The molecule has 1 aromatic carbocycles. The van der Waals surface area contributed by atoms with Crippen LogP contribution in [0.5, 0.6) is 11.6 Å². The Hall–Kier alpha value is -2.43. The second-order valence-corrected chi connectivity index (χ2v) is 5.42. The van der Waals surface area contributed by atoms with Crippen molar-refractivity contribution in [3.63, 3.8) is 0 Å². The van der Waals surface area contributed by atoms with E-state index in [9.17, 15) is 4.79 Å². The Labute approximate surface area is 117 Å². The smallest absolute Gasteiger partial charge is 0.335 e. The van der Waals surface area contributed by atoms with Crippen molar-refractivity contribution in [3.05, 3.63) is 47.9 Å². The van der Waals surface area contributed by atoms with Crippen molar-refractivity contribution in [1.29, 1.82) is 0 Å². The second-order valence-electron chi connectivity index (χ2n) is 5.42. The van der Waals surface area contributed by atoms with Crippen LogP contribution in [0.4, 0.5) is 0 Å². The van der Waals surface area contributed by atoms with Gasteiger partial charge in [-0.05, 0) is 24.3 Å². The highest BCUT2D eigenvalue weighted by Gasteiger charge is 2.16. The Kier molecular flexibility index (Phi) is 3.70. The molecule has 0 atom stereocenters. The summed E-state index contributed by atoms with van der Waals surface area (Å²) in [5.41, 5.74) is 1.01. The number of rotatable bonds is 3. The molecule has 104 valence electrons. The molecule has 0 saturated carbocycles. The van der Waals surface area contributed by atoms with Gasteiger partial charge in [0.1, 0.15) is 12.1 Å². The number of carbonyl (C=O) groups is 1. The molecule has 0 radical (unpaired) electrons. The van der Waals surface area contributed by atoms with Crippen molar-refractivity contribution < 1.29 is 14.6 Å². The number of carboxylic acid groups (broad SMARTS) is 1. The van der Waals surface area contributed by atoms with Gasteiger partial charge in [-0.1, -0.05) is 20.8 Å². The highest BCUT2D eigenvalue weighted by atomic mass is 16.5. The first kappa shape index (κ1) is 14.0. The number of hydrogen-bond donors (Lipinski definition) is 1. The average Bonchev–Trinajstić information content (AvgIpc) is 2.38. The molecule has 5 heteroatoms. The predicted molar refractivity (Wildman–Crippen MR) is 74.2 cm³/mol. The highest BCUT2D eigenvalue weighted by molar-refractivity contribution is 5.87. The number of hydrogen-bond acceptors (Lipinski definition) is 4. The lowest BCUT2D eigenvalue weighted by atomic mass is 9.92. The van der Waals surface area contributed by atoms with E-state index in [4.69, 9.17) is 9.84 Å². The summed E-state index contributed by atoms with van der Waals surface area (Å²) in [6.45, 7) is 6.17. The largest absolute Gasteiger partial charge is 0.478 e. The van der Waals surface area contributed by atoms with Crippen LogP contribution in [0.2, 0.25) is 0 Å². The maximum absolute atomic E-state index is 10.8. The summed E-state index contributed by atoms with van der Waals surface area (Å²) in [5, 5.41) is 8.83. The fourth-order valence-electron chi connectivity index (χ4n) is 1.59. The SMILES string of the molecule is CC(C)(C)c1cc(Oc2ccc(C(=O)O)cc2)ncn1. The molecule has 0 spiro atoms. The number of carboxylic acids is 1. The first-order valence-electron chi connectivity index (χ1n) is 6.20. The van der Waals surface area contributed by atoms with Gasteiger partial charge in [0.05, 0.1) is 11.3 Å². The summed E-state index contributed by atoms with van der Waals surface area (Å²) in [7, 11) is 0. The van der Waals surface area contributed by atoms with Gasteiger partial charge in [0.25, 0.3) is 0 Å². The number of nitrogens with zero attached hydrogens (tertiary/aromatic N) is 2. The zero-order valence-electron chi connectivity index (χ0n) is 11.6. The maximum Gasteiger partial charge on any atom is 0.335 e. The van der Waals surface area contributed by atoms with Crippen molar-refractivity contribution in [2.24, 2.45) is 0 Å². The molecule has 0 aliphatic heterocycles. The van der Waals surface area contributed by atoms with Crippen LogP contribution in [-0.4, -0.2) is 21.0 Å². The fraction of sp³-hybridized carbons (Fsp3) is 0.267. The summed E-state index contributed by atoms with van der Waals surface area (Å²) in [6.07, 6.45) is 1.46. The van der Waals surface area contributed by atoms with Gasteiger partial charge < -0.3 is 9.84 Å². The number of benzene rings is 1. The van der Waals surface area contributed by atoms with E-state index in [0.29, 0.717) is 11.6 Å². The molecule has 1 N–H and O–H groups in total. The summed E-state index contributed by atoms with van der Waals surface area (Å²) >= 11 is 0. The standard InChI is InChI=1S/C15H16N2O3/c1-15(2,3)12-8-13(17-9-16-12)20-11-6-4-10(5-7-11)14(18)19/h4-9H,1-3H3,(H,18,19). The van der Waals surface area contributed by atoms with Crippen molar-refractivity contribution in [3.8, 4) is 11.6 Å². The van der Waals surface area contributed by atoms with Crippen LogP contribution in [0.25, 0.3) is 0 Å². The van der Waals surface area contributed by atoms with Crippen LogP contribution in [-0.2, 0) is 5.41 Å². The van der Waals surface area contributed by atoms with Gasteiger partial charge in [-0.15, -0.1) is 0 Å². The van der Waals surface area contributed by atoms with Crippen LogP contribution in [0, 0.1) is 0 Å². The lowest BCUT2D eigenvalue weighted by molar-refractivity contribution is 0.0697. The molecule has 0 aliphatic rings. The van der Waals surface area contributed by atoms with Gasteiger partial charge in [-0.25, -0.2) is 14.8 Å². The molecule has 0 aliphatic carbocycles. The molecule has 5 nitrogen and oxygen atoms in total. The van der Waals surface area contributed by atoms with Crippen LogP contribution in [0.1, 0.15) is 36.8 Å². The van der Waals surface area contributed by atoms with E-state index in [0.717, 1.165) is 5.69 Å². The molecule has 0 amide bonds. The van der Waals surface area contributed by atoms with E-state index in [2.05, 4.69) is 30.7 Å². The van der Waals surface area contributed by atoms with E-state index >= 15 is 0 Å². The molecular weight excluding hydrogens is 256 g/mol. The third-order valence-electron chi connectivity index (χ3n) is 2.73. The van der Waals surface area contributed by atoms with Crippen LogP contribution in [0.3, 0.4) is 0 Å². The van der Waals surface area contributed by atoms with E-state index in [1.165, 1.54) is 18.5 Å². The summed E-state index contributed by atoms with van der Waals surface area (Å²) in [5.74, 6) is 0.00941. The normalized spacial score (nSPS) is 11.2. The second kappa shape index (κ2) is 5.28. The fourth-order valence-corrected chi connectivity index (χ4v) is 1.59.